The maximum Gasteiger partial charge on any atom is 0.198 e. The number of carbonyl (C=O) groups is 1. The molecule has 0 unspecified atom stereocenters. The molecule has 2 rings (SSSR count). The average Bonchev–Trinajstić information content (AvgIpc) is 2.66. The Labute approximate surface area is 90.7 Å². The maximum atomic E-state index is 11.8. The van der Waals surface area contributed by atoms with E-state index in [0.29, 0.717) is 18.1 Å². The standard InChI is InChI=1S/C13H18O2/c1-10-7-8-13(15-10)12(14)9-11-5-3-2-4-6-11/h7-8,11H,2-6,9H2,1H3. The lowest BCUT2D eigenvalue weighted by Gasteiger charge is -2.20. The third-order valence-corrected chi connectivity index (χ3v) is 3.21. The van der Waals surface area contributed by atoms with E-state index in [2.05, 4.69) is 0 Å². The van der Waals surface area contributed by atoms with Crippen LogP contribution in [0.1, 0.15) is 54.8 Å². The Bertz CT molecular complexity index is 332. The van der Waals surface area contributed by atoms with Crippen LogP contribution in [0.5, 0.6) is 0 Å². The monoisotopic (exact) mass is 206 g/mol. The van der Waals surface area contributed by atoms with Gasteiger partial charge in [-0.25, -0.2) is 0 Å². The molecule has 1 aromatic heterocycles. The SMILES string of the molecule is Cc1ccc(C(=O)CC2CCCCC2)o1. The normalized spacial score (nSPS) is 17.9. The fraction of sp³-hybridized carbons (Fsp3) is 0.615. The first kappa shape index (κ1) is 10.5. The van der Waals surface area contributed by atoms with E-state index >= 15 is 0 Å². The van der Waals surface area contributed by atoms with Crippen molar-refractivity contribution in [3.63, 3.8) is 0 Å². The zero-order chi connectivity index (χ0) is 10.7. The molecule has 0 spiro atoms. The molecule has 82 valence electrons. The Hall–Kier alpha value is -1.05. The zero-order valence-corrected chi connectivity index (χ0v) is 9.29. The molecule has 1 aromatic rings. The Kier molecular flexibility index (Phi) is 3.24. The first-order valence-corrected chi connectivity index (χ1v) is 5.85. The van der Waals surface area contributed by atoms with Crippen molar-refractivity contribution in [3.05, 3.63) is 23.7 Å². The Morgan fingerprint density at radius 1 is 1.33 bits per heavy atom. The van der Waals surface area contributed by atoms with Crippen LogP contribution >= 0.6 is 0 Å². The van der Waals surface area contributed by atoms with Gasteiger partial charge in [0, 0.05) is 6.42 Å². The van der Waals surface area contributed by atoms with Gasteiger partial charge in [-0.1, -0.05) is 32.1 Å². The van der Waals surface area contributed by atoms with Crippen LogP contribution in [-0.2, 0) is 0 Å². The molecule has 15 heavy (non-hydrogen) atoms. The van der Waals surface area contributed by atoms with Crippen molar-refractivity contribution in [3.8, 4) is 0 Å². The molecular weight excluding hydrogens is 188 g/mol. The fourth-order valence-corrected chi connectivity index (χ4v) is 2.34. The lowest BCUT2D eigenvalue weighted by molar-refractivity contribution is 0.0921. The minimum atomic E-state index is 0.176. The summed E-state index contributed by atoms with van der Waals surface area (Å²) >= 11 is 0. The van der Waals surface area contributed by atoms with E-state index < -0.39 is 0 Å². The molecule has 0 aliphatic heterocycles. The zero-order valence-electron chi connectivity index (χ0n) is 9.29. The molecule has 0 radical (unpaired) electrons. The summed E-state index contributed by atoms with van der Waals surface area (Å²) in [6.07, 6.45) is 7.01. The van der Waals surface area contributed by atoms with Crippen LogP contribution in [0, 0.1) is 12.8 Å². The minimum Gasteiger partial charge on any atom is -0.458 e. The molecule has 2 nitrogen and oxygen atoms in total. The van der Waals surface area contributed by atoms with Gasteiger partial charge in [-0.05, 0) is 25.0 Å². The van der Waals surface area contributed by atoms with Crippen LogP contribution < -0.4 is 0 Å². The van der Waals surface area contributed by atoms with Crippen molar-refractivity contribution in [2.75, 3.05) is 0 Å². The van der Waals surface area contributed by atoms with Crippen molar-refractivity contribution in [1.29, 1.82) is 0 Å². The summed E-state index contributed by atoms with van der Waals surface area (Å²) in [6, 6.07) is 3.65. The van der Waals surface area contributed by atoms with E-state index in [1.807, 2.05) is 13.0 Å². The topological polar surface area (TPSA) is 30.2 Å². The van der Waals surface area contributed by atoms with Crippen LogP contribution in [0.2, 0.25) is 0 Å². The summed E-state index contributed by atoms with van der Waals surface area (Å²) in [5.74, 6) is 2.13. The molecule has 1 aliphatic rings. The van der Waals surface area contributed by atoms with Crippen LogP contribution in [0.25, 0.3) is 0 Å². The Balaban J connectivity index is 1.91. The highest BCUT2D eigenvalue weighted by Crippen LogP contribution is 2.27. The van der Waals surface area contributed by atoms with Crippen molar-refractivity contribution < 1.29 is 9.21 Å². The smallest absolute Gasteiger partial charge is 0.198 e. The molecule has 1 heterocycles. The second-order valence-electron chi connectivity index (χ2n) is 4.54. The van der Waals surface area contributed by atoms with Crippen molar-refractivity contribution >= 4 is 5.78 Å². The second-order valence-corrected chi connectivity index (χ2v) is 4.54. The molecule has 0 N–H and O–H groups in total. The number of furan rings is 1. The average molecular weight is 206 g/mol. The van der Waals surface area contributed by atoms with Gasteiger partial charge >= 0.3 is 0 Å². The van der Waals surface area contributed by atoms with Gasteiger partial charge in [0.25, 0.3) is 0 Å². The molecule has 1 saturated carbocycles. The number of hydrogen-bond acceptors (Lipinski definition) is 2. The predicted octanol–water partition coefficient (Wildman–Crippen LogP) is 3.74. The van der Waals surface area contributed by atoms with E-state index in [1.54, 1.807) is 6.07 Å². The molecule has 1 fully saturated rings. The highest BCUT2D eigenvalue weighted by atomic mass is 16.3. The molecule has 0 aromatic carbocycles. The molecule has 0 bridgehead atoms. The molecule has 0 saturated heterocycles. The molecule has 2 heteroatoms. The lowest BCUT2D eigenvalue weighted by Crippen LogP contribution is -2.11. The van der Waals surface area contributed by atoms with E-state index in [4.69, 9.17) is 4.42 Å². The van der Waals surface area contributed by atoms with E-state index in [0.717, 1.165) is 5.76 Å². The highest BCUT2D eigenvalue weighted by Gasteiger charge is 2.19. The quantitative estimate of drug-likeness (QED) is 0.705. The van der Waals surface area contributed by atoms with Crippen molar-refractivity contribution in [1.82, 2.24) is 0 Å². The van der Waals surface area contributed by atoms with Crippen LogP contribution in [0.3, 0.4) is 0 Å². The van der Waals surface area contributed by atoms with Gasteiger partial charge in [0.1, 0.15) is 5.76 Å². The second kappa shape index (κ2) is 4.65. The first-order chi connectivity index (χ1) is 7.25. The molecule has 1 aliphatic carbocycles. The number of aryl methyl sites for hydroxylation is 1. The largest absolute Gasteiger partial charge is 0.458 e. The van der Waals surface area contributed by atoms with E-state index in [9.17, 15) is 4.79 Å². The number of hydrogen-bond donors (Lipinski definition) is 0. The van der Waals surface area contributed by atoms with Gasteiger partial charge in [-0.15, -0.1) is 0 Å². The van der Waals surface area contributed by atoms with Crippen LogP contribution in [-0.4, -0.2) is 5.78 Å². The summed E-state index contributed by atoms with van der Waals surface area (Å²) in [7, 11) is 0. The van der Waals surface area contributed by atoms with E-state index in [1.165, 1.54) is 32.1 Å². The summed E-state index contributed by atoms with van der Waals surface area (Å²) < 4.78 is 5.34. The first-order valence-electron chi connectivity index (χ1n) is 5.85. The van der Waals surface area contributed by atoms with Crippen LogP contribution in [0.4, 0.5) is 0 Å². The van der Waals surface area contributed by atoms with E-state index in [-0.39, 0.29) is 5.78 Å². The number of Topliss-reactive ketones (excluding diaryl/α,β-unsaturated/α-hetero) is 1. The summed E-state index contributed by atoms with van der Waals surface area (Å²) in [5, 5.41) is 0. The highest BCUT2D eigenvalue weighted by molar-refractivity contribution is 5.93. The van der Waals surface area contributed by atoms with Gasteiger partial charge in [0.05, 0.1) is 0 Å². The minimum absolute atomic E-state index is 0.176. The van der Waals surface area contributed by atoms with Gasteiger partial charge in [0.15, 0.2) is 11.5 Å². The van der Waals surface area contributed by atoms with Crippen molar-refractivity contribution in [2.24, 2.45) is 5.92 Å². The van der Waals surface area contributed by atoms with Crippen LogP contribution in [0.15, 0.2) is 16.5 Å². The van der Waals surface area contributed by atoms with Gasteiger partial charge < -0.3 is 4.42 Å². The van der Waals surface area contributed by atoms with Gasteiger partial charge in [-0.3, -0.25) is 4.79 Å². The molecule has 0 amide bonds. The molecular formula is C13H18O2. The third-order valence-electron chi connectivity index (χ3n) is 3.21. The van der Waals surface area contributed by atoms with Gasteiger partial charge in [-0.2, -0.15) is 0 Å². The summed E-state index contributed by atoms with van der Waals surface area (Å²) in [4.78, 5) is 11.8. The number of ketones is 1. The molecule has 0 atom stereocenters. The summed E-state index contributed by atoms with van der Waals surface area (Å²) in [6.45, 7) is 1.87. The lowest BCUT2D eigenvalue weighted by atomic mass is 9.85. The summed E-state index contributed by atoms with van der Waals surface area (Å²) in [5.41, 5.74) is 0. The Morgan fingerprint density at radius 2 is 2.07 bits per heavy atom. The number of rotatable bonds is 3. The third kappa shape index (κ3) is 2.71. The van der Waals surface area contributed by atoms with Crippen molar-refractivity contribution in [2.45, 2.75) is 45.4 Å². The predicted molar refractivity (Wildman–Crippen MR) is 59.0 cm³/mol. The van der Waals surface area contributed by atoms with Gasteiger partial charge in [0.2, 0.25) is 0 Å². The number of carbonyl (C=O) groups excluding carboxylic acids is 1. The Morgan fingerprint density at radius 3 is 2.67 bits per heavy atom. The maximum absolute atomic E-state index is 11.8. The fourth-order valence-electron chi connectivity index (χ4n) is 2.34.